The van der Waals surface area contributed by atoms with Crippen LogP contribution in [0.25, 0.3) is 11.1 Å². The molecule has 2 aromatic rings. The van der Waals surface area contributed by atoms with E-state index in [1.165, 1.54) is 12.1 Å². The summed E-state index contributed by atoms with van der Waals surface area (Å²) in [6.45, 7) is 20.8. The summed E-state index contributed by atoms with van der Waals surface area (Å²) in [5.74, 6) is -1.37. The van der Waals surface area contributed by atoms with E-state index in [-0.39, 0.29) is 15.6 Å². The van der Waals surface area contributed by atoms with Crippen molar-refractivity contribution in [2.24, 2.45) is 0 Å². The molecule has 0 radical (unpaired) electrons. The molecule has 32 heavy (non-hydrogen) atoms. The van der Waals surface area contributed by atoms with Gasteiger partial charge in [0.1, 0.15) is 17.4 Å². The molecule has 0 N–H and O–H groups in total. The summed E-state index contributed by atoms with van der Waals surface area (Å²) in [6, 6.07) is 8.36. The van der Waals surface area contributed by atoms with Crippen molar-refractivity contribution in [3.63, 3.8) is 0 Å². The fourth-order valence-electron chi connectivity index (χ4n) is 2.55. The molecule has 0 atom stereocenters. The van der Waals surface area contributed by atoms with Gasteiger partial charge in [-0.3, -0.25) is 0 Å². The molecule has 2 aromatic carbocycles. The maximum absolute atomic E-state index is 13.8. The van der Waals surface area contributed by atoms with Crippen molar-refractivity contribution in [2.45, 2.75) is 77.8 Å². The Bertz CT molecular complexity index is 983. The zero-order chi connectivity index (χ0) is 24.7. The Morgan fingerprint density at radius 1 is 0.750 bits per heavy atom. The molecule has 0 saturated heterocycles. The predicted octanol–water partition coefficient (Wildman–Crippen LogP) is 8.18. The normalized spacial score (nSPS) is 13.1. The number of benzene rings is 2. The average Bonchev–Trinajstić information content (AvgIpc) is 2.58. The number of carbonyl (C=O) groups excluding carboxylic acids is 1. The Balaban J connectivity index is 2.60. The van der Waals surface area contributed by atoms with Gasteiger partial charge >= 0.3 is 5.97 Å². The van der Waals surface area contributed by atoms with Crippen LogP contribution < -0.4 is 4.43 Å². The molecule has 2 rings (SSSR count). The second kappa shape index (κ2) is 8.74. The molecule has 0 heterocycles. The average molecular weight is 479 g/mol. The molecule has 0 spiro atoms. The standard InChI is InChI=1S/C25H36F2O3Si2/c1-24(2,3)31(7,8)29-22-12-11-17(18-13-19(26)16-20(27)14-18)15-21(22)23(28)30-32(9,10)25(4,5)6/h11-16H,1-10H3. The van der Waals surface area contributed by atoms with Gasteiger partial charge in [-0.2, -0.15) is 0 Å². The first-order valence-corrected chi connectivity index (χ1v) is 16.7. The zero-order valence-corrected chi connectivity index (χ0v) is 22.9. The van der Waals surface area contributed by atoms with Gasteiger partial charge in [0, 0.05) is 6.07 Å². The monoisotopic (exact) mass is 478 g/mol. The Kier molecular flexibility index (Phi) is 7.17. The van der Waals surface area contributed by atoms with Crippen LogP contribution in [0, 0.1) is 11.6 Å². The molecule has 0 aliphatic carbocycles. The van der Waals surface area contributed by atoms with E-state index in [1.54, 1.807) is 18.2 Å². The summed E-state index contributed by atoms with van der Waals surface area (Å²) in [6.07, 6.45) is 0. The van der Waals surface area contributed by atoms with Crippen molar-refractivity contribution in [3.8, 4) is 16.9 Å². The summed E-state index contributed by atoms with van der Waals surface area (Å²) in [5.41, 5.74) is 1.15. The first-order chi connectivity index (χ1) is 14.3. The second-order valence-corrected chi connectivity index (χ2v) is 20.8. The minimum Gasteiger partial charge on any atom is -0.543 e. The Labute approximate surface area is 193 Å². The summed E-state index contributed by atoms with van der Waals surface area (Å²) in [5, 5.41) is -0.232. The highest BCUT2D eigenvalue weighted by Gasteiger charge is 2.42. The number of hydrogen-bond donors (Lipinski definition) is 0. The Morgan fingerprint density at radius 2 is 1.25 bits per heavy atom. The van der Waals surface area contributed by atoms with Crippen molar-refractivity contribution in [1.29, 1.82) is 0 Å². The van der Waals surface area contributed by atoms with E-state index in [0.717, 1.165) is 6.07 Å². The molecule has 0 unspecified atom stereocenters. The van der Waals surface area contributed by atoms with Crippen molar-refractivity contribution in [2.75, 3.05) is 0 Å². The van der Waals surface area contributed by atoms with E-state index in [9.17, 15) is 13.6 Å². The van der Waals surface area contributed by atoms with Crippen molar-refractivity contribution < 1.29 is 22.4 Å². The summed E-state index contributed by atoms with van der Waals surface area (Å²) < 4.78 is 40.1. The van der Waals surface area contributed by atoms with E-state index >= 15 is 0 Å². The number of hydrogen-bond acceptors (Lipinski definition) is 3. The van der Waals surface area contributed by atoms with Gasteiger partial charge in [-0.25, -0.2) is 13.6 Å². The summed E-state index contributed by atoms with van der Waals surface area (Å²) in [4.78, 5) is 13.4. The van der Waals surface area contributed by atoms with Crippen LogP contribution in [0.4, 0.5) is 8.78 Å². The quantitative estimate of drug-likeness (QED) is 0.406. The van der Waals surface area contributed by atoms with Crippen LogP contribution in [0.1, 0.15) is 51.9 Å². The van der Waals surface area contributed by atoms with Crippen LogP contribution in [0.15, 0.2) is 36.4 Å². The first kappa shape index (κ1) is 26.3. The zero-order valence-electron chi connectivity index (χ0n) is 20.9. The van der Waals surface area contributed by atoms with E-state index in [4.69, 9.17) is 8.85 Å². The predicted molar refractivity (Wildman–Crippen MR) is 132 cm³/mol. The maximum atomic E-state index is 13.8. The molecule has 3 nitrogen and oxygen atoms in total. The smallest absolute Gasteiger partial charge is 0.328 e. The van der Waals surface area contributed by atoms with E-state index < -0.39 is 34.2 Å². The fourth-order valence-corrected chi connectivity index (χ4v) is 4.46. The third kappa shape index (κ3) is 5.87. The van der Waals surface area contributed by atoms with Gasteiger partial charge in [-0.05, 0) is 71.7 Å². The van der Waals surface area contributed by atoms with Gasteiger partial charge in [-0.15, -0.1) is 0 Å². The number of rotatable bonds is 5. The molecule has 0 saturated carbocycles. The van der Waals surface area contributed by atoms with Gasteiger partial charge < -0.3 is 8.85 Å². The first-order valence-electron chi connectivity index (χ1n) is 10.9. The molecule has 0 fully saturated rings. The minimum absolute atomic E-state index is 0.0715. The second-order valence-electron chi connectivity index (χ2n) is 11.4. The largest absolute Gasteiger partial charge is 0.543 e. The lowest BCUT2D eigenvalue weighted by atomic mass is 10.0. The molecule has 0 bridgehead atoms. The van der Waals surface area contributed by atoms with Crippen LogP contribution in [-0.2, 0) is 4.43 Å². The third-order valence-corrected chi connectivity index (χ3v) is 15.4. The van der Waals surface area contributed by atoms with Gasteiger partial charge in [0.15, 0.2) is 0 Å². The Hall–Kier alpha value is -2.00. The summed E-state index contributed by atoms with van der Waals surface area (Å²) >= 11 is 0. The van der Waals surface area contributed by atoms with Crippen molar-refractivity contribution in [1.82, 2.24) is 0 Å². The molecule has 0 aliphatic heterocycles. The molecule has 0 aromatic heterocycles. The van der Waals surface area contributed by atoms with Crippen LogP contribution in [0.5, 0.6) is 5.75 Å². The highest BCUT2D eigenvalue weighted by atomic mass is 28.4. The molecular formula is C25H36F2O3Si2. The summed E-state index contributed by atoms with van der Waals surface area (Å²) in [7, 11) is -4.65. The SMILES string of the molecule is CC(C)(C)[Si](C)(C)OC(=O)c1cc(-c2cc(F)cc(F)c2)ccc1O[Si](C)(C)C(C)(C)C. The number of halogens is 2. The van der Waals surface area contributed by atoms with Crippen LogP contribution in [0.2, 0.25) is 36.3 Å². The molecular weight excluding hydrogens is 442 g/mol. The lowest BCUT2D eigenvalue weighted by Gasteiger charge is -2.38. The van der Waals surface area contributed by atoms with Gasteiger partial charge in [0.2, 0.25) is 0 Å². The molecule has 0 amide bonds. The minimum atomic E-state index is -2.40. The third-order valence-electron chi connectivity index (χ3n) is 6.72. The van der Waals surface area contributed by atoms with Crippen LogP contribution >= 0.6 is 0 Å². The van der Waals surface area contributed by atoms with Gasteiger partial charge in [-0.1, -0.05) is 47.6 Å². The van der Waals surface area contributed by atoms with Crippen molar-refractivity contribution in [3.05, 3.63) is 53.6 Å². The molecule has 7 heteroatoms. The molecule has 176 valence electrons. The van der Waals surface area contributed by atoms with Crippen molar-refractivity contribution >= 4 is 22.6 Å². The van der Waals surface area contributed by atoms with E-state index in [0.29, 0.717) is 16.9 Å². The van der Waals surface area contributed by atoms with Crippen LogP contribution in [-0.4, -0.2) is 22.6 Å². The topological polar surface area (TPSA) is 35.5 Å². The van der Waals surface area contributed by atoms with E-state index in [1.807, 2.05) is 13.1 Å². The van der Waals surface area contributed by atoms with E-state index in [2.05, 4.69) is 54.6 Å². The highest BCUT2D eigenvalue weighted by Crippen LogP contribution is 2.41. The van der Waals surface area contributed by atoms with Gasteiger partial charge in [0.05, 0.1) is 5.56 Å². The Morgan fingerprint density at radius 3 is 1.72 bits per heavy atom. The van der Waals surface area contributed by atoms with Crippen LogP contribution in [0.3, 0.4) is 0 Å². The van der Waals surface area contributed by atoms with Gasteiger partial charge in [0.25, 0.3) is 16.6 Å². The number of carbonyl (C=O) groups is 1. The fraction of sp³-hybridized carbons (Fsp3) is 0.480. The highest BCUT2D eigenvalue weighted by molar-refractivity contribution is 6.76. The lowest BCUT2D eigenvalue weighted by Crippen LogP contribution is -2.45. The maximum Gasteiger partial charge on any atom is 0.328 e. The molecule has 0 aliphatic rings. The lowest BCUT2D eigenvalue weighted by molar-refractivity contribution is 0.0710.